The average molecular weight is 434 g/mol. The molecular formula is C15H17F3N6O2S2. The Morgan fingerprint density at radius 3 is 2.71 bits per heavy atom. The van der Waals surface area contributed by atoms with Crippen LogP contribution in [0.2, 0.25) is 0 Å². The van der Waals surface area contributed by atoms with Crippen LogP contribution in [0, 0.1) is 0 Å². The molecule has 8 nitrogen and oxygen atoms in total. The van der Waals surface area contributed by atoms with Crippen LogP contribution < -0.4 is 9.62 Å². The molecule has 0 radical (unpaired) electrons. The second-order valence-electron chi connectivity index (χ2n) is 6.18. The fraction of sp³-hybridized carbons (Fsp3) is 0.467. The van der Waals surface area contributed by atoms with Gasteiger partial charge >= 0.3 is 15.5 Å². The SMILES string of the molecule is CCC1CCc2cc(N=Nc3nncs3)c(NS(=O)(=O)C(F)(F)F)cc2N1C. The number of nitrogens with one attached hydrogen (secondary N) is 1. The minimum atomic E-state index is -5.60. The Morgan fingerprint density at radius 2 is 2.11 bits per heavy atom. The Kier molecular flexibility index (Phi) is 5.57. The lowest BCUT2D eigenvalue weighted by molar-refractivity contribution is -0.0429. The highest BCUT2D eigenvalue weighted by Crippen LogP contribution is 2.40. The molecule has 0 amide bonds. The quantitative estimate of drug-likeness (QED) is 0.704. The summed E-state index contributed by atoms with van der Waals surface area (Å²) in [5.41, 5.74) is -2.83. The molecule has 3 rings (SSSR count). The molecule has 1 N–H and O–H groups in total. The number of rotatable bonds is 5. The van der Waals surface area contributed by atoms with Crippen molar-refractivity contribution in [3.63, 3.8) is 0 Å². The number of anilines is 2. The van der Waals surface area contributed by atoms with Crippen LogP contribution in [-0.4, -0.2) is 37.2 Å². The zero-order chi connectivity index (χ0) is 20.5. The van der Waals surface area contributed by atoms with Crippen LogP contribution in [-0.2, 0) is 16.4 Å². The Bertz CT molecular complexity index is 976. The Balaban J connectivity index is 2.07. The molecule has 1 aromatic heterocycles. The van der Waals surface area contributed by atoms with E-state index in [2.05, 4.69) is 20.4 Å². The van der Waals surface area contributed by atoms with Crippen molar-refractivity contribution >= 4 is 43.6 Å². The first kappa shape index (κ1) is 20.5. The van der Waals surface area contributed by atoms with E-state index >= 15 is 0 Å². The minimum absolute atomic E-state index is 0.0230. The first-order chi connectivity index (χ1) is 13.1. The lowest BCUT2D eigenvalue weighted by Crippen LogP contribution is -2.35. The molecule has 0 bridgehead atoms. The van der Waals surface area contributed by atoms with Gasteiger partial charge in [0, 0.05) is 18.8 Å². The highest BCUT2D eigenvalue weighted by Gasteiger charge is 2.46. The average Bonchev–Trinajstić information content (AvgIpc) is 3.13. The summed E-state index contributed by atoms with van der Waals surface area (Å²) in [5.74, 6) is 0. The third kappa shape index (κ3) is 4.09. The molecule has 0 fully saturated rings. The number of azo groups is 1. The van der Waals surface area contributed by atoms with Gasteiger partial charge in [0.05, 0.1) is 5.69 Å². The van der Waals surface area contributed by atoms with Crippen LogP contribution in [0.5, 0.6) is 0 Å². The van der Waals surface area contributed by atoms with E-state index in [1.165, 1.54) is 11.6 Å². The normalized spacial score (nSPS) is 17.8. The van der Waals surface area contributed by atoms with Crippen LogP contribution in [0.15, 0.2) is 27.9 Å². The van der Waals surface area contributed by atoms with Gasteiger partial charge in [0.25, 0.3) is 5.13 Å². The number of sulfonamides is 1. The number of benzene rings is 1. The van der Waals surface area contributed by atoms with E-state index in [1.54, 1.807) is 10.8 Å². The van der Waals surface area contributed by atoms with Gasteiger partial charge in [-0.2, -0.15) is 21.6 Å². The van der Waals surface area contributed by atoms with E-state index in [-0.39, 0.29) is 22.5 Å². The number of alkyl halides is 3. The van der Waals surface area contributed by atoms with E-state index < -0.39 is 15.5 Å². The first-order valence-electron chi connectivity index (χ1n) is 8.29. The lowest BCUT2D eigenvalue weighted by Gasteiger charge is -2.36. The van der Waals surface area contributed by atoms with Crippen LogP contribution in [0.25, 0.3) is 0 Å². The summed E-state index contributed by atoms with van der Waals surface area (Å²) >= 11 is 1.09. The molecule has 152 valence electrons. The predicted octanol–water partition coefficient (Wildman–Crippen LogP) is 4.38. The molecule has 1 unspecified atom stereocenters. The van der Waals surface area contributed by atoms with Crippen molar-refractivity contribution in [2.75, 3.05) is 16.7 Å². The summed E-state index contributed by atoms with van der Waals surface area (Å²) in [6.07, 6.45) is 2.43. The van der Waals surface area contributed by atoms with Crippen LogP contribution in [0.1, 0.15) is 25.3 Å². The molecule has 2 heterocycles. The standard InChI is InChI=1S/C15H17F3N6O2S2/c1-3-10-5-4-9-6-11(20-22-14-21-19-8-27-14)12(7-13(9)24(10)2)23-28(25,26)15(16,17)18/h6-8,10,23H,3-5H2,1-2H3. The second-order valence-corrected chi connectivity index (χ2v) is 8.67. The summed E-state index contributed by atoms with van der Waals surface area (Å²) < 4.78 is 63.4. The molecule has 28 heavy (non-hydrogen) atoms. The largest absolute Gasteiger partial charge is 0.516 e. The van der Waals surface area contributed by atoms with E-state index in [9.17, 15) is 21.6 Å². The maximum absolute atomic E-state index is 12.9. The minimum Gasteiger partial charge on any atom is -0.371 e. The van der Waals surface area contributed by atoms with Crippen molar-refractivity contribution in [3.05, 3.63) is 23.2 Å². The van der Waals surface area contributed by atoms with Crippen LogP contribution >= 0.6 is 11.3 Å². The first-order valence-corrected chi connectivity index (χ1v) is 10.7. The van der Waals surface area contributed by atoms with Gasteiger partial charge in [0.2, 0.25) is 0 Å². The Morgan fingerprint density at radius 1 is 1.36 bits per heavy atom. The van der Waals surface area contributed by atoms with Gasteiger partial charge in [-0.15, -0.1) is 20.4 Å². The van der Waals surface area contributed by atoms with Crippen molar-refractivity contribution in [2.45, 2.75) is 37.7 Å². The monoisotopic (exact) mass is 434 g/mol. The van der Waals surface area contributed by atoms with Gasteiger partial charge in [0.15, 0.2) is 0 Å². The van der Waals surface area contributed by atoms with Gasteiger partial charge in [-0.1, -0.05) is 18.3 Å². The number of hydrogen-bond acceptors (Lipinski definition) is 8. The van der Waals surface area contributed by atoms with Crippen molar-refractivity contribution < 1.29 is 21.6 Å². The smallest absolute Gasteiger partial charge is 0.371 e. The fourth-order valence-electron chi connectivity index (χ4n) is 3.01. The zero-order valence-corrected chi connectivity index (χ0v) is 16.6. The Hall–Kier alpha value is -2.28. The Labute approximate surface area is 163 Å². The lowest BCUT2D eigenvalue weighted by atomic mass is 9.94. The third-order valence-corrected chi connectivity index (χ3v) is 6.16. The van der Waals surface area contributed by atoms with Crippen molar-refractivity contribution in [1.29, 1.82) is 0 Å². The molecule has 13 heteroatoms. The summed E-state index contributed by atoms with van der Waals surface area (Å²) in [6.45, 7) is 2.02. The van der Waals surface area contributed by atoms with Gasteiger partial charge in [0.1, 0.15) is 11.2 Å². The topological polar surface area (TPSA) is 99.9 Å². The predicted molar refractivity (Wildman–Crippen MR) is 99.9 cm³/mol. The molecule has 0 saturated heterocycles. The molecule has 0 saturated carbocycles. The summed E-state index contributed by atoms with van der Waals surface area (Å²) in [4.78, 5) is 1.94. The van der Waals surface area contributed by atoms with Crippen molar-refractivity contribution in [1.82, 2.24) is 10.2 Å². The molecule has 1 atom stereocenters. The molecule has 0 spiro atoms. The number of aryl methyl sites for hydroxylation is 1. The van der Waals surface area contributed by atoms with Gasteiger partial charge in [-0.25, -0.2) is 0 Å². The van der Waals surface area contributed by atoms with Gasteiger partial charge in [-0.3, -0.25) is 4.72 Å². The van der Waals surface area contributed by atoms with Crippen LogP contribution in [0.4, 0.5) is 35.4 Å². The maximum Gasteiger partial charge on any atom is 0.516 e. The fourth-order valence-corrected chi connectivity index (χ4v) is 3.95. The number of fused-ring (bicyclic) bond motifs is 1. The summed E-state index contributed by atoms with van der Waals surface area (Å²) in [6, 6.07) is 3.14. The molecular weight excluding hydrogens is 417 g/mol. The third-order valence-electron chi connectivity index (χ3n) is 4.48. The number of aromatic nitrogens is 2. The molecule has 2 aromatic rings. The summed E-state index contributed by atoms with van der Waals surface area (Å²) in [7, 11) is -3.77. The zero-order valence-electron chi connectivity index (χ0n) is 14.9. The maximum atomic E-state index is 12.9. The van der Waals surface area contributed by atoms with E-state index in [0.717, 1.165) is 29.7 Å². The molecule has 1 aliphatic heterocycles. The van der Waals surface area contributed by atoms with E-state index in [1.807, 2.05) is 18.9 Å². The number of halogens is 3. The summed E-state index contributed by atoms with van der Waals surface area (Å²) in [5, 5.41) is 15.2. The van der Waals surface area contributed by atoms with Gasteiger partial charge < -0.3 is 4.90 Å². The molecule has 0 aliphatic carbocycles. The highest BCUT2D eigenvalue weighted by atomic mass is 32.2. The van der Waals surface area contributed by atoms with E-state index in [4.69, 9.17) is 0 Å². The second kappa shape index (κ2) is 7.62. The van der Waals surface area contributed by atoms with Crippen LogP contribution in [0.3, 0.4) is 0 Å². The number of hydrogen-bond donors (Lipinski definition) is 1. The van der Waals surface area contributed by atoms with E-state index in [0.29, 0.717) is 12.1 Å². The number of nitrogens with zero attached hydrogens (tertiary/aromatic N) is 5. The highest BCUT2D eigenvalue weighted by molar-refractivity contribution is 7.93. The van der Waals surface area contributed by atoms with Crippen molar-refractivity contribution in [3.8, 4) is 0 Å². The molecule has 1 aliphatic rings. The van der Waals surface area contributed by atoms with Crippen molar-refractivity contribution in [2.24, 2.45) is 10.2 Å². The molecule has 1 aromatic carbocycles. The van der Waals surface area contributed by atoms with Gasteiger partial charge in [-0.05, 0) is 37.0 Å².